The van der Waals surface area contributed by atoms with Crippen LogP contribution in [0.5, 0.6) is 0 Å². The molecule has 0 saturated carbocycles. The number of esters is 1. The molecule has 342 valence electrons. The molecule has 0 aromatic carbocycles. The monoisotopic (exact) mass is 848 g/mol. The summed E-state index contributed by atoms with van der Waals surface area (Å²) < 4.78 is 34.6. The Morgan fingerprint density at radius 1 is 0.542 bits per heavy atom. The number of allylic oxidation sites excluding steroid dienone is 12. The van der Waals surface area contributed by atoms with E-state index in [0.717, 1.165) is 83.5 Å². The Labute approximate surface area is 363 Å². The summed E-state index contributed by atoms with van der Waals surface area (Å²) in [7, 11) is 1.33. The van der Waals surface area contributed by atoms with Crippen LogP contribution in [0.3, 0.4) is 0 Å². The maximum absolute atomic E-state index is 12.7. The molecule has 2 atom stereocenters. The molecule has 0 heterocycles. The standard InChI is InChI=1S/C50H90NO7P/c1-6-8-10-12-14-16-18-20-22-23-24-25-26-27-28-29-30-31-33-35-37-39-41-43-50(52)58-49(48-57-59(53,54)56-46-44-51(3,4)5)47-55-45-42-40-38-36-34-32-21-19-17-15-13-11-9-7-2/h8,10,14,16,20,22,24-25,27-28,30-31,49H,6-7,9,11-13,15,17-19,21,23,26,29,32-48H2,1-5H3/b10-8-,16-14-,22-20-,25-24-,28-27-,31-30-. The molecule has 0 fully saturated rings. The minimum atomic E-state index is -4.54. The number of carbonyl (C=O) groups is 1. The number of hydrogen-bond donors (Lipinski definition) is 0. The van der Waals surface area contributed by atoms with Crippen LogP contribution in [0.4, 0.5) is 0 Å². The normalized spacial score (nSPS) is 14.3. The zero-order valence-corrected chi connectivity index (χ0v) is 39.6. The summed E-state index contributed by atoms with van der Waals surface area (Å²) in [4.78, 5) is 25.1. The molecule has 0 rings (SSSR count). The second-order valence-electron chi connectivity index (χ2n) is 16.7. The van der Waals surface area contributed by atoms with Crippen LogP contribution < -0.4 is 4.89 Å². The fourth-order valence-corrected chi connectivity index (χ4v) is 6.87. The predicted octanol–water partition coefficient (Wildman–Crippen LogP) is 13.6. The van der Waals surface area contributed by atoms with Crippen molar-refractivity contribution in [3.63, 3.8) is 0 Å². The van der Waals surface area contributed by atoms with Crippen molar-refractivity contribution in [2.75, 3.05) is 54.1 Å². The third-order valence-electron chi connectivity index (χ3n) is 9.77. The van der Waals surface area contributed by atoms with Gasteiger partial charge in [-0.3, -0.25) is 9.36 Å². The first-order valence-electron chi connectivity index (χ1n) is 23.7. The van der Waals surface area contributed by atoms with Gasteiger partial charge in [0.2, 0.25) is 0 Å². The first kappa shape index (κ1) is 56.9. The Hall–Kier alpha value is -2.06. The van der Waals surface area contributed by atoms with Crippen molar-refractivity contribution in [2.24, 2.45) is 0 Å². The Kier molecular flexibility index (Phi) is 41.1. The third kappa shape index (κ3) is 46.9. The molecule has 0 spiro atoms. The number of phosphoric ester groups is 1. The molecule has 0 aromatic heterocycles. The van der Waals surface area contributed by atoms with Crippen LogP contribution in [0.15, 0.2) is 72.9 Å². The summed E-state index contributed by atoms with van der Waals surface area (Å²) in [6.45, 7) is 5.26. The van der Waals surface area contributed by atoms with Crippen LogP contribution in [0, 0.1) is 0 Å². The highest BCUT2D eigenvalue weighted by molar-refractivity contribution is 7.45. The van der Waals surface area contributed by atoms with E-state index >= 15 is 0 Å². The van der Waals surface area contributed by atoms with Crippen LogP contribution >= 0.6 is 7.82 Å². The van der Waals surface area contributed by atoms with Gasteiger partial charge in [0.05, 0.1) is 34.4 Å². The molecule has 59 heavy (non-hydrogen) atoms. The SMILES string of the molecule is CC/C=C\C/C=C\C/C=C\C/C=C\C/C=C\C/C=C\CCCCCCC(=O)OC(COCCCCCCCCCCCCCCCC)COP(=O)([O-])OCC[N+](C)(C)C. The van der Waals surface area contributed by atoms with Crippen molar-refractivity contribution < 1.29 is 37.3 Å². The van der Waals surface area contributed by atoms with Crippen LogP contribution in [-0.4, -0.2) is 70.7 Å². The van der Waals surface area contributed by atoms with Gasteiger partial charge in [0.1, 0.15) is 19.3 Å². The van der Waals surface area contributed by atoms with Gasteiger partial charge in [-0.1, -0.05) is 183 Å². The lowest BCUT2D eigenvalue weighted by Crippen LogP contribution is -2.37. The fourth-order valence-electron chi connectivity index (χ4n) is 6.14. The average molecular weight is 848 g/mol. The summed E-state index contributed by atoms with van der Waals surface area (Å²) in [6, 6.07) is 0. The Morgan fingerprint density at radius 3 is 1.47 bits per heavy atom. The van der Waals surface area contributed by atoms with Crippen LogP contribution in [0.2, 0.25) is 0 Å². The van der Waals surface area contributed by atoms with E-state index in [0.29, 0.717) is 17.6 Å². The van der Waals surface area contributed by atoms with E-state index in [1.165, 1.54) is 77.0 Å². The number of quaternary nitrogens is 1. The number of carbonyl (C=O) groups excluding carboxylic acids is 1. The molecule has 0 amide bonds. The highest BCUT2D eigenvalue weighted by Gasteiger charge is 2.20. The topological polar surface area (TPSA) is 94.1 Å². The second kappa shape index (κ2) is 42.6. The van der Waals surface area contributed by atoms with Gasteiger partial charge in [-0.05, 0) is 64.2 Å². The molecular formula is C50H90NO7P. The Balaban J connectivity index is 4.26. The lowest BCUT2D eigenvalue weighted by atomic mass is 10.0. The van der Waals surface area contributed by atoms with Crippen molar-refractivity contribution in [2.45, 2.75) is 187 Å². The van der Waals surface area contributed by atoms with Crippen molar-refractivity contribution in [1.82, 2.24) is 0 Å². The molecule has 8 nitrogen and oxygen atoms in total. The highest BCUT2D eigenvalue weighted by atomic mass is 31.2. The van der Waals surface area contributed by atoms with Crippen molar-refractivity contribution in [1.29, 1.82) is 0 Å². The predicted molar refractivity (Wildman–Crippen MR) is 249 cm³/mol. The number of rotatable bonds is 43. The van der Waals surface area contributed by atoms with E-state index in [1.54, 1.807) is 0 Å². The zero-order chi connectivity index (χ0) is 43.4. The Bertz CT molecular complexity index is 1170. The third-order valence-corrected chi connectivity index (χ3v) is 10.7. The maximum atomic E-state index is 12.7. The number of unbranched alkanes of at least 4 members (excludes halogenated alkanes) is 17. The van der Waals surface area contributed by atoms with E-state index in [-0.39, 0.29) is 32.2 Å². The summed E-state index contributed by atoms with van der Waals surface area (Å²) in [5.74, 6) is -0.359. The molecule has 0 aliphatic rings. The van der Waals surface area contributed by atoms with Gasteiger partial charge in [-0.25, -0.2) is 0 Å². The van der Waals surface area contributed by atoms with Gasteiger partial charge in [0, 0.05) is 13.0 Å². The first-order valence-corrected chi connectivity index (χ1v) is 25.1. The fraction of sp³-hybridized carbons (Fsp3) is 0.740. The number of likely N-dealkylation sites (N-methyl/N-ethyl adjacent to an activating group) is 1. The summed E-state index contributed by atoms with van der Waals surface area (Å²) in [5, 5.41) is 0. The van der Waals surface area contributed by atoms with Crippen molar-refractivity contribution >= 4 is 13.8 Å². The second-order valence-corrected chi connectivity index (χ2v) is 18.2. The summed E-state index contributed by atoms with van der Waals surface area (Å²) >= 11 is 0. The van der Waals surface area contributed by atoms with Gasteiger partial charge in [-0.2, -0.15) is 0 Å². The molecular weight excluding hydrogens is 758 g/mol. The van der Waals surface area contributed by atoms with Crippen LogP contribution in [-0.2, 0) is 27.9 Å². The molecule has 0 radical (unpaired) electrons. The van der Waals surface area contributed by atoms with Gasteiger partial charge in [-0.15, -0.1) is 0 Å². The van der Waals surface area contributed by atoms with Crippen molar-refractivity contribution in [3.8, 4) is 0 Å². The van der Waals surface area contributed by atoms with Gasteiger partial charge >= 0.3 is 5.97 Å². The minimum absolute atomic E-state index is 0.0183. The van der Waals surface area contributed by atoms with Crippen LogP contribution in [0.1, 0.15) is 181 Å². The maximum Gasteiger partial charge on any atom is 0.306 e. The lowest BCUT2D eigenvalue weighted by molar-refractivity contribution is -0.870. The number of hydrogen-bond acceptors (Lipinski definition) is 7. The summed E-state index contributed by atoms with van der Waals surface area (Å²) in [5.41, 5.74) is 0. The molecule has 0 aromatic rings. The largest absolute Gasteiger partial charge is 0.756 e. The van der Waals surface area contributed by atoms with Gasteiger partial charge in [0.25, 0.3) is 7.82 Å². The molecule has 0 aliphatic heterocycles. The Morgan fingerprint density at radius 2 is 0.983 bits per heavy atom. The molecule has 0 saturated heterocycles. The molecule has 9 heteroatoms. The molecule has 2 unspecified atom stereocenters. The summed E-state index contributed by atoms with van der Waals surface area (Å²) in [6.07, 6.45) is 54.8. The van der Waals surface area contributed by atoms with Crippen LogP contribution in [0.25, 0.3) is 0 Å². The quantitative estimate of drug-likeness (QED) is 0.0198. The van der Waals surface area contributed by atoms with Gasteiger partial charge < -0.3 is 27.9 Å². The zero-order valence-electron chi connectivity index (χ0n) is 38.7. The molecule has 0 N–H and O–H groups in total. The van der Waals surface area contributed by atoms with E-state index < -0.39 is 13.9 Å². The molecule has 0 aliphatic carbocycles. The highest BCUT2D eigenvalue weighted by Crippen LogP contribution is 2.38. The number of phosphoric acid groups is 1. The average Bonchev–Trinajstić information content (AvgIpc) is 3.19. The van der Waals surface area contributed by atoms with E-state index in [9.17, 15) is 14.3 Å². The minimum Gasteiger partial charge on any atom is -0.756 e. The first-order chi connectivity index (χ1) is 28.6. The number of ether oxygens (including phenoxy) is 2. The lowest BCUT2D eigenvalue weighted by Gasteiger charge is -2.28. The number of nitrogens with zero attached hydrogens (tertiary/aromatic N) is 1. The van der Waals surface area contributed by atoms with Gasteiger partial charge in [0.15, 0.2) is 0 Å². The van der Waals surface area contributed by atoms with E-state index in [2.05, 4.69) is 86.8 Å². The van der Waals surface area contributed by atoms with E-state index in [1.807, 2.05) is 21.1 Å². The molecule has 0 bridgehead atoms. The van der Waals surface area contributed by atoms with E-state index in [4.69, 9.17) is 18.5 Å². The smallest absolute Gasteiger partial charge is 0.306 e. The van der Waals surface area contributed by atoms with Crippen molar-refractivity contribution in [3.05, 3.63) is 72.9 Å².